The summed E-state index contributed by atoms with van der Waals surface area (Å²) in [4.78, 5) is 3.93. The number of methoxy groups -OCH3 is 1. The number of ether oxygens (including phenoxy) is 3. The van der Waals surface area contributed by atoms with Gasteiger partial charge in [0.2, 0.25) is 0 Å². The van der Waals surface area contributed by atoms with Crippen LogP contribution in [0.25, 0.3) is 0 Å². The van der Waals surface area contributed by atoms with Gasteiger partial charge in [-0.05, 0) is 37.4 Å². The number of rotatable bonds is 5. The Hall–Kier alpha value is -2.50. The Bertz CT molecular complexity index is 1090. The maximum atomic E-state index is 13.5. The highest BCUT2D eigenvalue weighted by atomic mass is 35.5. The first kappa shape index (κ1) is 24.1. The lowest BCUT2D eigenvalue weighted by Gasteiger charge is -2.35. The van der Waals surface area contributed by atoms with Gasteiger partial charge in [0.25, 0.3) is 10.0 Å². The van der Waals surface area contributed by atoms with E-state index in [1.54, 1.807) is 25.3 Å². The SMILES string of the molecule is COc1ccc(N(C)S(=O)(=O)c2cccc3c2OC(F)(F)O3)cc1N1CCN(C)CC1.Cl. The molecule has 0 saturated carbocycles. The summed E-state index contributed by atoms with van der Waals surface area (Å²) in [5, 5.41) is 0. The van der Waals surface area contributed by atoms with Gasteiger partial charge in [0.1, 0.15) is 10.6 Å². The third-order valence-corrected chi connectivity index (χ3v) is 7.21. The Kier molecular flexibility index (Phi) is 6.64. The topological polar surface area (TPSA) is 71.5 Å². The fourth-order valence-corrected chi connectivity index (χ4v) is 4.92. The van der Waals surface area contributed by atoms with Crippen LogP contribution in [0.3, 0.4) is 0 Å². The molecule has 0 radical (unpaired) electrons. The zero-order valence-corrected chi connectivity index (χ0v) is 19.4. The van der Waals surface area contributed by atoms with Crippen LogP contribution in [0, 0.1) is 0 Å². The van der Waals surface area contributed by atoms with E-state index in [2.05, 4.69) is 19.3 Å². The van der Waals surface area contributed by atoms with Gasteiger partial charge in [0, 0.05) is 33.2 Å². The van der Waals surface area contributed by atoms with Crippen LogP contribution in [0.5, 0.6) is 17.2 Å². The minimum absolute atomic E-state index is 0. The highest BCUT2D eigenvalue weighted by molar-refractivity contribution is 7.93. The highest BCUT2D eigenvalue weighted by Gasteiger charge is 2.46. The number of fused-ring (bicyclic) bond motifs is 1. The number of benzene rings is 2. The van der Waals surface area contributed by atoms with Crippen LogP contribution in [-0.4, -0.2) is 67.0 Å². The van der Waals surface area contributed by atoms with E-state index in [1.165, 1.54) is 25.2 Å². The average Bonchev–Trinajstić information content (AvgIpc) is 3.06. The Morgan fingerprint density at radius 1 is 1.09 bits per heavy atom. The molecular weight excluding hydrogens is 468 g/mol. The van der Waals surface area contributed by atoms with Crippen molar-refractivity contribution in [3.8, 4) is 17.2 Å². The van der Waals surface area contributed by atoms with Gasteiger partial charge >= 0.3 is 6.29 Å². The summed E-state index contributed by atoms with van der Waals surface area (Å²) in [7, 11) is 0.740. The molecule has 0 amide bonds. The van der Waals surface area contributed by atoms with Crippen molar-refractivity contribution in [3.05, 3.63) is 36.4 Å². The molecule has 1 fully saturated rings. The van der Waals surface area contributed by atoms with E-state index >= 15 is 0 Å². The van der Waals surface area contributed by atoms with Gasteiger partial charge < -0.3 is 24.0 Å². The first-order valence-electron chi connectivity index (χ1n) is 9.62. The fourth-order valence-electron chi connectivity index (χ4n) is 3.60. The van der Waals surface area contributed by atoms with Crippen molar-refractivity contribution in [1.82, 2.24) is 4.90 Å². The number of nitrogens with zero attached hydrogens (tertiary/aromatic N) is 3. The molecule has 0 atom stereocenters. The minimum Gasteiger partial charge on any atom is -0.495 e. The van der Waals surface area contributed by atoms with Crippen molar-refractivity contribution in [2.24, 2.45) is 0 Å². The summed E-state index contributed by atoms with van der Waals surface area (Å²) in [6, 6.07) is 8.78. The standard InChI is InChI=1S/C20H23F2N3O5S.ClH/c1-23-9-11-25(12-10-23)15-13-14(7-8-16(15)28-3)24(2)31(26,27)18-6-4-5-17-19(18)30-20(21,22)29-17;/h4-8,13H,9-12H2,1-3H3;1H. The Labute approximate surface area is 191 Å². The van der Waals surface area contributed by atoms with Gasteiger partial charge in [-0.1, -0.05) is 6.07 Å². The van der Waals surface area contributed by atoms with Crippen molar-refractivity contribution in [3.63, 3.8) is 0 Å². The number of alkyl halides is 2. The molecule has 0 N–H and O–H groups in total. The van der Waals surface area contributed by atoms with E-state index < -0.39 is 27.0 Å². The molecule has 0 unspecified atom stereocenters. The molecule has 32 heavy (non-hydrogen) atoms. The van der Waals surface area contributed by atoms with Crippen LogP contribution in [-0.2, 0) is 10.0 Å². The zero-order valence-electron chi connectivity index (χ0n) is 17.7. The summed E-state index contributed by atoms with van der Waals surface area (Å²) >= 11 is 0. The van der Waals surface area contributed by atoms with Gasteiger partial charge in [-0.25, -0.2) is 8.42 Å². The van der Waals surface area contributed by atoms with Crippen molar-refractivity contribution < 1.29 is 31.4 Å². The van der Waals surface area contributed by atoms with Crippen LogP contribution in [0.15, 0.2) is 41.3 Å². The van der Waals surface area contributed by atoms with Crippen LogP contribution in [0.2, 0.25) is 0 Å². The molecule has 0 aliphatic carbocycles. The smallest absolute Gasteiger partial charge is 0.495 e. The average molecular weight is 492 g/mol. The van der Waals surface area contributed by atoms with Gasteiger partial charge in [0.15, 0.2) is 11.5 Å². The van der Waals surface area contributed by atoms with Gasteiger partial charge in [-0.2, -0.15) is 0 Å². The summed E-state index contributed by atoms with van der Waals surface area (Å²) in [5.41, 5.74) is 1.12. The molecule has 2 aromatic rings. The van der Waals surface area contributed by atoms with E-state index in [4.69, 9.17) is 4.74 Å². The minimum atomic E-state index is -4.22. The van der Waals surface area contributed by atoms with Crippen molar-refractivity contribution >= 4 is 33.8 Å². The molecule has 8 nitrogen and oxygen atoms in total. The molecule has 1 saturated heterocycles. The van der Waals surface area contributed by atoms with Crippen LogP contribution in [0.4, 0.5) is 20.2 Å². The molecule has 2 aliphatic heterocycles. The fraction of sp³-hybridized carbons (Fsp3) is 0.400. The monoisotopic (exact) mass is 491 g/mol. The number of anilines is 2. The molecule has 0 bridgehead atoms. The Morgan fingerprint density at radius 2 is 1.78 bits per heavy atom. The molecule has 2 aromatic carbocycles. The number of halogens is 3. The molecule has 0 spiro atoms. The Balaban J connectivity index is 0.00000289. The number of likely N-dealkylation sites (N-methyl/N-ethyl adjacent to an activating group) is 1. The van der Waals surface area contributed by atoms with Crippen LogP contribution < -0.4 is 23.4 Å². The molecule has 2 aliphatic rings. The normalized spacial score (nSPS) is 17.6. The number of para-hydroxylation sites is 1. The van der Waals surface area contributed by atoms with Crippen molar-refractivity contribution in [2.45, 2.75) is 11.2 Å². The molecule has 0 aromatic heterocycles. The van der Waals surface area contributed by atoms with E-state index in [0.29, 0.717) is 11.4 Å². The van der Waals surface area contributed by atoms with Gasteiger partial charge in [-0.15, -0.1) is 21.2 Å². The molecule has 2 heterocycles. The zero-order chi connectivity index (χ0) is 22.4. The van der Waals surface area contributed by atoms with E-state index in [-0.39, 0.29) is 18.2 Å². The van der Waals surface area contributed by atoms with Crippen molar-refractivity contribution in [2.75, 3.05) is 56.6 Å². The first-order chi connectivity index (χ1) is 14.6. The lowest BCUT2D eigenvalue weighted by molar-refractivity contribution is -0.287. The van der Waals surface area contributed by atoms with E-state index in [1.807, 2.05) is 7.05 Å². The molecule has 4 rings (SSSR count). The largest absolute Gasteiger partial charge is 0.586 e. The second kappa shape index (κ2) is 8.80. The predicted molar refractivity (Wildman–Crippen MR) is 118 cm³/mol. The second-order valence-electron chi connectivity index (χ2n) is 7.37. The lowest BCUT2D eigenvalue weighted by atomic mass is 10.2. The van der Waals surface area contributed by atoms with Gasteiger partial charge in [0.05, 0.1) is 18.5 Å². The third kappa shape index (κ3) is 4.37. The Morgan fingerprint density at radius 3 is 2.44 bits per heavy atom. The van der Waals surface area contributed by atoms with Crippen molar-refractivity contribution in [1.29, 1.82) is 0 Å². The number of hydrogen-bond acceptors (Lipinski definition) is 7. The van der Waals surface area contributed by atoms with E-state index in [9.17, 15) is 17.2 Å². The van der Waals surface area contributed by atoms with Crippen LogP contribution >= 0.6 is 12.4 Å². The second-order valence-corrected chi connectivity index (χ2v) is 9.31. The number of sulfonamides is 1. The number of piperazine rings is 1. The molecule has 176 valence electrons. The van der Waals surface area contributed by atoms with Crippen LogP contribution in [0.1, 0.15) is 0 Å². The maximum absolute atomic E-state index is 13.5. The number of hydrogen-bond donors (Lipinski definition) is 0. The highest BCUT2D eigenvalue weighted by Crippen LogP contribution is 2.46. The quantitative estimate of drug-likeness (QED) is 0.636. The molecular formula is C20H24ClF2N3O5S. The summed E-state index contributed by atoms with van der Waals surface area (Å²) < 4.78 is 69.0. The summed E-state index contributed by atoms with van der Waals surface area (Å²) in [5.74, 6) is -0.212. The lowest BCUT2D eigenvalue weighted by Crippen LogP contribution is -2.44. The predicted octanol–water partition coefficient (Wildman–Crippen LogP) is 3.02. The first-order valence-corrected chi connectivity index (χ1v) is 11.1. The van der Waals surface area contributed by atoms with Gasteiger partial charge in [-0.3, -0.25) is 4.31 Å². The summed E-state index contributed by atoms with van der Waals surface area (Å²) in [6.45, 7) is 3.25. The maximum Gasteiger partial charge on any atom is 0.586 e. The molecule has 12 heteroatoms. The van der Waals surface area contributed by atoms with E-state index in [0.717, 1.165) is 36.2 Å². The summed E-state index contributed by atoms with van der Waals surface area (Å²) in [6.07, 6.45) is -3.92. The third-order valence-electron chi connectivity index (χ3n) is 5.40.